The molecule has 6 aromatic rings. The number of halogens is 11. The van der Waals surface area contributed by atoms with Gasteiger partial charge in [0.05, 0.1) is 5.39 Å². The Morgan fingerprint density at radius 1 is 0.412 bits per heavy atom. The zero-order valence-electron chi connectivity index (χ0n) is 25.1. The smallest absolute Gasteiger partial charge is 0.489 e. The Morgan fingerprint density at radius 2 is 0.902 bits per heavy atom. The third kappa shape index (κ3) is 4.81. The fourth-order valence-electron chi connectivity index (χ4n) is 6.63. The zero-order valence-corrected chi connectivity index (χ0v) is 25.1. The first kappa shape index (κ1) is 32.5. The summed E-state index contributed by atoms with van der Waals surface area (Å²) < 4.78 is 182. The lowest BCUT2D eigenvalue weighted by Crippen LogP contribution is -2.38. The first-order valence-corrected chi connectivity index (χ1v) is 14.9. The monoisotopic (exact) mass is 714 g/mol. The van der Waals surface area contributed by atoms with E-state index >= 15 is 26.3 Å². The highest BCUT2D eigenvalue weighted by Crippen LogP contribution is 2.49. The quantitative estimate of drug-likeness (QED) is 0.0976. The second kappa shape index (κ2) is 11.7. The predicted octanol–water partition coefficient (Wildman–Crippen LogP) is 10.0. The Kier molecular flexibility index (Phi) is 7.43. The van der Waals surface area contributed by atoms with Gasteiger partial charge in [0, 0.05) is 51.6 Å². The van der Waals surface area contributed by atoms with Gasteiger partial charge in [-0.2, -0.15) is 8.78 Å². The van der Waals surface area contributed by atoms with Crippen molar-refractivity contribution in [1.82, 2.24) is 0 Å². The minimum atomic E-state index is -2.62. The van der Waals surface area contributed by atoms with Crippen LogP contribution in [0.2, 0.25) is 0 Å². The van der Waals surface area contributed by atoms with Crippen LogP contribution in [0, 0.1) is 64.0 Å². The van der Waals surface area contributed by atoms with Crippen molar-refractivity contribution in [2.45, 2.75) is 12.8 Å². The van der Waals surface area contributed by atoms with Gasteiger partial charge < -0.3 is 14.0 Å². The Hall–Kier alpha value is -5.73. The van der Waals surface area contributed by atoms with Crippen LogP contribution in [-0.2, 0) is 12.8 Å². The molecule has 2 aliphatic carbocycles. The molecule has 0 heterocycles. The summed E-state index contributed by atoms with van der Waals surface area (Å²) in [5.74, 6) is -21.0. The van der Waals surface area contributed by atoms with E-state index in [-0.39, 0.29) is 11.1 Å². The maximum atomic E-state index is 15.6. The van der Waals surface area contributed by atoms with Crippen LogP contribution >= 0.6 is 0 Å². The van der Waals surface area contributed by atoms with Crippen molar-refractivity contribution in [1.29, 1.82) is 0 Å². The van der Waals surface area contributed by atoms with Crippen LogP contribution in [0.15, 0.2) is 60.7 Å². The summed E-state index contributed by atoms with van der Waals surface area (Å²) in [4.78, 5) is 0. The molecular formula is C36H14BF11O3. The van der Waals surface area contributed by atoms with Gasteiger partial charge in [-0.15, -0.1) is 0 Å². The molecule has 0 spiro atoms. The van der Waals surface area contributed by atoms with E-state index in [4.69, 9.17) is 14.0 Å². The Balaban J connectivity index is 1.31. The topological polar surface area (TPSA) is 27.7 Å². The highest BCUT2D eigenvalue weighted by Gasteiger charge is 2.42. The van der Waals surface area contributed by atoms with Crippen molar-refractivity contribution in [3.8, 4) is 39.5 Å². The number of benzene rings is 6. The lowest BCUT2D eigenvalue weighted by Gasteiger charge is -2.22. The van der Waals surface area contributed by atoms with E-state index in [1.54, 1.807) is 0 Å². The first-order chi connectivity index (χ1) is 24.4. The minimum absolute atomic E-state index is 0.0865. The van der Waals surface area contributed by atoms with Gasteiger partial charge in [0.1, 0.15) is 34.7 Å². The molecule has 15 heteroatoms. The summed E-state index contributed by atoms with van der Waals surface area (Å²) in [5.41, 5.74) is -3.06. The fourth-order valence-corrected chi connectivity index (χ4v) is 6.63. The summed E-state index contributed by atoms with van der Waals surface area (Å²) in [6.07, 6.45) is -0.877. The zero-order chi connectivity index (χ0) is 36.0. The number of fused-ring (bicyclic) bond motifs is 7. The first-order valence-electron chi connectivity index (χ1n) is 14.9. The molecule has 0 N–H and O–H groups in total. The van der Waals surface area contributed by atoms with Gasteiger partial charge in [0.15, 0.2) is 34.9 Å². The van der Waals surface area contributed by atoms with Gasteiger partial charge in [-0.25, -0.2) is 39.5 Å². The lowest BCUT2D eigenvalue weighted by molar-refractivity contribution is 0.285. The van der Waals surface area contributed by atoms with Gasteiger partial charge in [0.25, 0.3) is 0 Å². The molecule has 2 aliphatic rings. The normalized spacial score (nSPS) is 12.5. The lowest BCUT2D eigenvalue weighted by atomic mass is 10.0. The molecule has 0 saturated heterocycles. The maximum Gasteiger partial charge on any atom is 0.864 e. The molecule has 0 saturated carbocycles. The Morgan fingerprint density at radius 3 is 1.41 bits per heavy atom. The second-order valence-corrected chi connectivity index (χ2v) is 11.6. The number of hydrogen-bond acceptors (Lipinski definition) is 3. The van der Waals surface area contributed by atoms with Crippen LogP contribution in [-0.4, -0.2) is 7.32 Å². The van der Waals surface area contributed by atoms with E-state index in [0.29, 0.717) is 12.1 Å². The average Bonchev–Trinajstić information content (AvgIpc) is 3.70. The Bertz CT molecular complexity index is 2380. The van der Waals surface area contributed by atoms with Crippen molar-refractivity contribution >= 4 is 18.1 Å². The van der Waals surface area contributed by atoms with Gasteiger partial charge in [0.2, 0.25) is 11.6 Å². The largest absolute Gasteiger partial charge is 0.864 e. The van der Waals surface area contributed by atoms with Crippen molar-refractivity contribution in [3.05, 3.63) is 147 Å². The standard InChI is InChI=1S/C36H14BF11O3/c38-18-5-1-3-13-11-16-26(23(13)18)29(43)31(45)33(47)35(16)50-37(49-22-10-9-20(40)25-15(22)7-8-21(41)28(25)42)51-36-17-12-14-4-2-6-19(39)24(14)27(17)30(44)32(46)34(36)48/h1-10H,11-12H2. The van der Waals surface area contributed by atoms with Crippen molar-refractivity contribution in [2.75, 3.05) is 0 Å². The van der Waals surface area contributed by atoms with Gasteiger partial charge in [-0.3, -0.25) is 0 Å². The molecule has 0 unspecified atom stereocenters. The van der Waals surface area contributed by atoms with E-state index < -0.39 is 146 Å². The van der Waals surface area contributed by atoms with Crippen LogP contribution in [0.1, 0.15) is 22.3 Å². The van der Waals surface area contributed by atoms with Crippen molar-refractivity contribution in [3.63, 3.8) is 0 Å². The van der Waals surface area contributed by atoms with E-state index in [9.17, 15) is 22.0 Å². The summed E-state index contributed by atoms with van der Waals surface area (Å²) in [5, 5.41) is -1.43. The van der Waals surface area contributed by atoms with Crippen molar-refractivity contribution in [2.24, 2.45) is 0 Å². The molecule has 0 amide bonds. The third-order valence-electron chi connectivity index (χ3n) is 8.83. The molecule has 8 rings (SSSR count). The number of hydrogen-bond donors (Lipinski definition) is 0. The van der Waals surface area contributed by atoms with Crippen molar-refractivity contribution < 1.29 is 62.3 Å². The van der Waals surface area contributed by atoms with Crippen LogP contribution < -0.4 is 14.0 Å². The van der Waals surface area contributed by atoms with Crippen LogP contribution in [0.5, 0.6) is 17.2 Å². The average molecular weight is 714 g/mol. The molecular weight excluding hydrogens is 700 g/mol. The Labute approximate surface area is 279 Å². The highest BCUT2D eigenvalue weighted by atomic mass is 19.2. The summed E-state index contributed by atoms with van der Waals surface area (Å²) in [6, 6.07) is 10.0. The molecule has 0 radical (unpaired) electrons. The minimum Gasteiger partial charge on any atom is -0.489 e. The summed E-state index contributed by atoms with van der Waals surface area (Å²) in [6.45, 7) is 0. The van der Waals surface area contributed by atoms with Gasteiger partial charge in [-0.05, 0) is 47.5 Å². The van der Waals surface area contributed by atoms with E-state index in [1.165, 1.54) is 24.3 Å². The van der Waals surface area contributed by atoms with Crippen LogP contribution in [0.25, 0.3) is 33.0 Å². The van der Waals surface area contributed by atoms with Gasteiger partial charge in [-0.1, -0.05) is 24.3 Å². The van der Waals surface area contributed by atoms with Crippen LogP contribution in [0.3, 0.4) is 0 Å². The molecule has 6 aromatic carbocycles. The predicted molar refractivity (Wildman–Crippen MR) is 160 cm³/mol. The maximum absolute atomic E-state index is 15.6. The van der Waals surface area contributed by atoms with Crippen LogP contribution in [0.4, 0.5) is 48.3 Å². The third-order valence-corrected chi connectivity index (χ3v) is 8.83. The summed E-state index contributed by atoms with van der Waals surface area (Å²) >= 11 is 0. The molecule has 0 bridgehead atoms. The molecule has 51 heavy (non-hydrogen) atoms. The number of rotatable bonds is 6. The van der Waals surface area contributed by atoms with E-state index in [0.717, 1.165) is 24.3 Å². The molecule has 0 fully saturated rings. The highest BCUT2D eigenvalue weighted by molar-refractivity contribution is 6.40. The van der Waals surface area contributed by atoms with Gasteiger partial charge >= 0.3 is 7.32 Å². The molecule has 0 atom stereocenters. The molecule has 3 nitrogen and oxygen atoms in total. The fraction of sp³-hybridized carbons (Fsp3) is 0.0556. The summed E-state index contributed by atoms with van der Waals surface area (Å²) in [7, 11) is -2.62. The molecule has 0 aliphatic heterocycles. The second-order valence-electron chi connectivity index (χ2n) is 11.6. The molecule has 256 valence electrons. The molecule has 0 aromatic heterocycles. The SMILES string of the molecule is Fc1cccc2c1-c1c(F)c(F)c(F)c(OB(Oc3c(F)c(F)c(F)c4c3Cc3cccc(F)c3-4)Oc3ccc(F)c4c(F)c(F)ccc34)c1C2. The van der Waals surface area contributed by atoms with E-state index in [2.05, 4.69) is 0 Å². The van der Waals surface area contributed by atoms with E-state index in [1.807, 2.05) is 0 Å².